The standard InChI is InChI=1S/C13H21N3O5/c1-9(17)14-10-2-4-15(5-3-10)13(20)16-6-7-21-11(8-16)12(18)19/h10-11H,2-8H2,1H3,(H,14,17)(H,18,19). The molecule has 0 bridgehead atoms. The van der Waals surface area contributed by atoms with Gasteiger partial charge in [-0.15, -0.1) is 0 Å². The molecule has 2 aliphatic rings. The lowest BCUT2D eigenvalue weighted by Crippen LogP contribution is -2.55. The van der Waals surface area contributed by atoms with Gasteiger partial charge in [0.05, 0.1) is 13.2 Å². The lowest BCUT2D eigenvalue weighted by atomic mass is 10.1. The zero-order chi connectivity index (χ0) is 15.4. The van der Waals surface area contributed by atoms with Crippen LogP contribution in [0.25, 0.3) is 0 Å². The Kier molecular flexibility index (Phi) is 5.00. The second-order valence-electron chi connectivity index (χ2n) is 5.39. The molecule has 8 heteroatoms. The van der Waals surface area contributed by atoms with E-state index in [1.165, 1.54) is 11.8 Å². The van der Waals surface area contributed by atoms with Gasteiger partial charge in [0.1, 0.15) is 0 Å². The summed E-state index contributed by atoms with van der Waals surface area (Å²) in [5, 5.41) is 11.8. The summed E-state index contributed by atoms with van der Waals surface area (Å²) in [6.45, 7) is 3.36. The number of carbonyl (C=O) groups is 3. The summed E-state index contributed by atoms with van der Waals surface area (Å²) >= 11 is 0. The molecule has 21 heavy (non-hydrogen) atoms. The molecule has 8 nitrogen and oxygen atoms in total. The lowest BCUT2D eigenvalue weighted by Gasteiger charge is -2.38. The number of hydrogen-bond acceptors (Lipinski definition) is 4. The van der Waals surface area contributed by atoms with Gasteiger partial charge in [0, 0.05) is 32.6 Å². The number of amides is 3. The van der Waals surface area contributed by atoms with Crippen molar-refractivity contribution in [3.05, 3.63) is 0 Å². The molecule has 2 fully saturated rings. The van der Waals surface area contributed by atoms with Crippen molar-refractivity contribution in [1.82, 2.24) is 15.1 Å². The molecule has 1 unspecified atom stereocenters. The highest BCUT2D eigenvalue weighted by Crippen LogP contribution is 2.15. The number of nitrogens with zero attached hydrogens (tertiary/aromatic N) is 2. The van der Waals surface area contributed by atoms with E-state index in [4.69, 9.17) is 9.84 Å². The van der Waals surface area contributed by atoms with Crippen LogP contribution in [-0.4, -0.2) is 77.7 Å². The number of aliphatic carboxylic acids is 1. The molecule has 0 aliphatic carbocycles. The Balaban J connectivity index is 1.84. The van der Waals surface area contributed by atoms with Crippen LogP contribution in [0.2, 0.25) is 0 Å². The van der Waals surface area contributed by atoms with Crippen LogP contribution in [-0.2, 0) is 14.3 Å². The Morgan fingerprint density at radius 3 is 2.38 bits per heavy atom. The second kappa shape index (κ2) is 6.75. The van der Waals surface area contributed by atoms with Crippen molar-refractivity contribution in [3.8, 4) is 0 Å². The van der Waals surface area contributed by atoms with Crippen LogP contribution in [0.1, 0.15) is 19.8 Å². The average Bonchev–Trinajstić information content (AvgIpc) is 2.47. The van der Waals surface area contributed by atoms with Gasteiger partial charge in [-0.2, -0.15) is 0 Å². The Morgan fingerprint density at radius 1 is 1.14 bits per heavy atom. The number of piperidine rings is 1. The summed E-state index contributed by atoms with van der Waals surface area (Å²) < 4.78 is 5.11. The molecule has 0 radical (unpaired) electrons. The Bertz CT molecular complexity index is 420. The van der Waals surface area contributed by atoms with Crippen LogP contribution in [0, 0.1) is 0 Å². The van der Waals surface area contributed by atoms with Crippen molar-refractivity contribution in [2.75, 3.05) is 32.8 Å². The van der Waals surface area contributed by atoms with E-state index in [9.17, 15) is 14.4 Å². The molecule has 0 spiro atoms. The number of urea groups is 1. The quantitative estimate of drug-likeness (QED) is 0.715. The molecule has 2 rings (SSSR count). The number of likely N-dealkylation sites (tertiary alicyclic amines) is 1. The molecule has 3 amide bonds. The summed E-state index contributed by atoms with van der Waals surface area (Å²) in [6, 6.07) is -0.0335. The van der Waals surface area contributed by atoms with Crippen LogP contribution in [0.5, 0.6) is 0 Å². The zero-order valence-electron chi connectivity index (χ0n) is 12.1. The lowest BCUT2D eigenvalue weighted by molar-refractivity contribution is -0.154. The molecule has 0 aromatic carbocycles. The number of carboxylic acid groups (broad SMARTS) is 1. The Morgan fingerprint density at radius 2 is 1.81 bits per heavy atom. The molecule has 118 valence electrons. The molecule has 0 saturated carbocycles. The summed E-state index contributed by atoms with van der Waals surface area (Å²) in [5.74, 6) is -1.10. The largest absolute Gasteiger partial charge is 0.479 e. The number of rotatable bonds is 2. The van der Waals surface area contributed by atoms with Gasteiger partial charge in [0.25, 0.3) is 0 Å². The summed E-state index contributed by atoms with van der Waals surface area (Å²) in [5.41, 5.74) is 0. The monoisotopic (exact) mass is 299 g/mol. The van der Waals surface area contributed by atoms with Crippen molar-refractivity contribution in [2.45, 2.75) is 31.9 Å². The minimum absolute atomic E-state index is 0.0581. The fraction of sp³-hybridized carbons (Fsp3) is 0.769. The van der Waals surface area contributed by atoms with Gasteiger partial charge in [-0.1, -0.05) is 0 Å². The van der Waals surface area contributed by atoms with Crippen LogP contribution in [0.4, 0.5) is 4.79 Å². The highest BCUT2D eigenvalue weighted by molar-refractivity contribution is 5.78. The second-order valence-corrected chi connectivity index (χ2v) is 5.39. The molecular formula is C13H21N3O5. The van der Waals surface area contributed by atoms with Gasteiger partial charge in [0.2, 0.25) is 5.91 Å². The first kappa shape index (κ1) is 15.6. The Hall–Kier alpha value is -1.83. The van der Waals surface area contributed by atoms with Gasteiger partial charge in [-0.05, 0) is 12.8 Å². The first-order valence-electron chi connectivity index (χ1n) is 7.12. The van der Waals surface area contributed by atoms with Gasteiger partial charge in [-0.3, -0.25) is 4.79 Å². The smallest absolute Gasteiger partial charge is 0.334 e. The predicted octanol–water partition coefficient (Wildman–Crippen LogP) is -0.508. The molecule has 2 N–H and O–H groups in total. The number of carbonyl (C=O) groups excluding carboxylic acids is 2. The Labute approximate surface area is 123 Å². The maximum atomic E-state index is 12.4. The van der Waals surface area contributed by atoms with E-state index in [1.54, 1.807) is 4.90 Å². The van der Waals surface area contributed by atoms with Gasteiger partial charge < -0.3 is 25.0 Å². The van der Waals surface area contributed by atoms with Gasteiger partial charge in [-0.25, -0.2) is 9.59 Å². The highest BCUT2D eigenvalue weighted by atomic mass is 16.5. The van der Waals surface area contributed by atoms with Crippen molar-refractivity contribution < 1.29 is 24.2 Å². The number of ether oxygens (including phenoxy) is 1. The SMILES string of the molecule is CC(=O)NC1CCN(C(=O)N2CCOC(C(=O)O)C2)CC1. The van der Waals surface area contributed by atoms with Crippen LogP contribution < -0.4 is 5.32 Å². The number of nitrogens with one attached hydrogen (secondary N) is 1. The van der Waals surface area contributed by atoms with Crippen LogP contribution >= 0.6 is 0 Å². The topological polar surface area (TPSA) is 99.2 Å². The average molecular weight is 299 g/mol. The molecule has 2 aliphatic heterocycles. The third kappa shape index (κ3) is 4.07. The number of hydrogen-bond donors (Lipinski definition) is 2. The van der Waals surface area contributed by atoms with E-state index < -0.39 is 12.1 Å². The summed E-state index contributed by atoms with van der Waals surface area (Å²) in [4.78, 5) is 37.5. The summed E-state index contributed by atoms with van der Waals surface area (Å²) in [7, 11) is 0. The molecular weight excluding hydrogens is 278 g/mol. The molecule has 2 saturated heterocycles. The minimum atomic E-state index is -1.04. The molecule has 0 aromatic rings. The maximum absolute atomic E-state index is 12.4. The van der Waals surface area contributed by atoms with Crippen molar-refractivity contribution >= 4 is 17.9 Å². The van der Waals surface area contributed by atoms with Crippen LogP contribution in [0.15, 0.2) is 0 Å². The number of carboxylic acids is 1. The molecule has 0 aromatic heterocycles. The van der Waals surface area contributed by atoms with Gasteiger partial charge in [0.15, 0.2) is 6.10 Å². The third-order valence-corrected chi connectivity index (χ3v) is 3.79. The van der Waals surface area contributed by atoms with Gasteiger partial charge >= 0.3 is 12.0 Å². The van der Waals surface area contributed by atoms with E-state index >= 15 is 0 Å². The van der Waals surface area contributed by atoms with E-state index in [0.717, 1.165) is 12.8 Å². The molecule has 1 atom stereocenters. The highest BCUT2D eigenvalue weighted by Gasteiger charge is 2.32. The normalized spacial score (nSPS) is 23.8. The number of morpholine rings is 1. The maximum Gasteiger partial charge on any atom is 0.334 e. The van der Waals surface area contributed by atoms with E-state index in [1.807, 2.05) is 0 Å². The van der Waals surface area contributed by atoms with E-state index in [2.05, 4.69) is 5.32 Å². The van der Waals surface area contributed by atoms with Crippen molar-refractivity contribution in [3.63, 3.8) is 0 Å². The minimum Gasteiger partial charge on any atom is -0.479 e. The summed E-state index contributed by atoms with van der Waals surface area (Å²) in [6.07, 6.45) is 0.496. The van der Waals surface area contributed by atoms with E-state index in [0.29, 0.717) is 19.6 Å². The fourth-order valence-electron chi connectivity index (χ4n) is 2.68. The van der Waals surface area contributed by atoms with Crippen molar-refractivity contribution in [2.24, 2.45) is 0 Å². The molecule has 2 heterocycles. The first-order chi connectivity index (χ1) is 9.97. The van der Waals surface area contributed by atoms with E-state index in [-0.39, 0.29) is 31.1 Å². The first-order valence-corrected chi connectivity index (χ1v) is 7.12. The fourth-order valence-corrected chi connectivity index (χ4v) is 2.68. The predicted molar refractivity (Wildman–Crippen MR) is 72.8 cm³/mol. The van der Waals surface area contributed by atoms with Crippen molar-refractivity contribution in [1.29, 1.82) is 0 Å². The van der Waals surface area contributed by atoms with Crippen LogP contribution in [0.3, 0.4) is 0 Å². The third-order valence-electron chi connectivity index (χ3n) is 3.79. The zero-order valence-corrected chi connectivity index (χ0v) is 12.1.